The van der Waals surface area contributed by atoms with Gasteiger partial charge in [-0.25, -0.2) is 0 Å². The van der Waals surface area contributed by atoms with Gasteiger partial charge >= 0.3 is 0 Å². The molecule has 0 radical (unpaired) electrons. The van der Waals surface area contributed by atoms with Crippen LogP contribution in [-0.2, 0) is 19.8 Å². The van der Waals surface area contributed by atoms with E-state index >= 15 is 0 Å². The number of para-hydroxylation sites is 2. The monoisotopic (exact) mass is 463 g/mol. The quantitative estimate of drug-likeness (QED) is 0.280. The lowest BCUT2D eigenvalue weighted by Crippen LogP contribution is -2.05. The Bertz CT molecular complexity index is 1440. The summed E-state index contributed by atoms with van der Waals surface area (Å²) in [4.78, 5) is 0. The summed E-state index contributed by atoms with van der Waals surface area (Å²) in [6, 6.07) is 33.3. The molecule has 0 aliphatic carbocycles. The van der Waals surface area contributed by atoms with Gasteiger partial charge in [0.25, 0.3) is 0 Å². The molecule has 4 aromatic carbocycles. The first-order chi connectivity index (χ1) is 17.1. The van der Waals surface area contributed by atoms with Crippen molar-refractivity contribution >= 4 is 10.9 Å². The van der Waals surface area contributed by atoms with Crippen LogP contribution >= 0.6 is 0 Å². The number of fused-ring (bicyclic) bond motifs is 1. The minimum absolute atomic E-state index is 0.119. The molecule has 3 N–H and O–H groups in total. The number of nitrogens with zero attached hydrogens (tertiary/aromatic N) is 1. The smallest absolute Gasteiger partial charge is 0.0688 e. The summed E-state index contributed by atoms with van der Waals surface area (Å²) in [5.41, 5.74) is 8.47. The van der Waals surface area contributed by atoms with E-state index in [1.807, 2.05) is 30.3 Å². The van der Waals surface area contributed by atoms with Crippen LogP contribution in [-0.4, -0.2) is 19.9 Å². The molecule has 35 heavy (non-hydrogen) atoms. The number of hydrogen-bond donors (Lipinski definition) is 3. The highest BCUT2D eigenvalue weighted by Crippen LogP contribution is 2.35. The van der Waals surface area contributed by atoms with Gasteiger partial charge in [-0.05, 0) is 69.8 Å². The molecular weight excluding hydrogens is 434 g/mol. The minimum atomic E-state index is -0.215. The van der Waals surface area contributed by atoms with Crippen LogP contribution in [0.4, 0.5) is 0 Å². The number of benzene rings is 4. The predicted molar refractivity (Wildman–Crippen MR) is 140 cm³/mol. The van der Waals surface area contributed by atoms with E-state index in [4.69, 9.17) is 0 Å². The highest BCUT2D eigenvalue weighted by atomic mass is 16.3. The number of aliphatic hydroxyl groups is 3. The molecule has 5 aromatic rings. The Balaban J connectivity index is 1.61. The van der Waals surface area contributed by atoms with Crippen LogP contribution in [0.5, 0.6) is 0 Å². The Labute approximate surface area is 205 Å². The molecule has 0 amide bonds. The highest BCUT2D eigenvalue weighted by molar-refractivity contribution is 5.83. The first kappa shape index (κ1) is 23.1. The van der Waals surface area contributed by atoms with E-state index in [0.717, 1.165) is 16.8 Å². The van der Waals surface area contributed by atoms with Gasteiger partial charge in [-0.2, -0.15) is 0 Å². The van der Waals surface area contributed by atoms with Crippen LogP contribution < -0.4 is 0 Å². The topological polar surface area (TPSA) is 65.6 Å². The zero-order valence-electron chi connectivity index (χ0n) is 19.7. The van der Waals surface area contributed by atoms with Gasteiger partial charge in [0.1, 0.15) is 0 Å². The van der Waals surface area contributed by atoms with Gasteiger partial charge in [0.15, 0.2) is 0 Å². The van der Waals surface area contributed by atoms with E-state index in [0.29, 0.717) is 16.7 Å². The standard InChI is InChI=1S/C31H29NO3/c1-21(31-17-24-8-5-6-13-30(24)32(31)28-11-3-2-4-12-28)22-9-7-10-23(14-22)25-15-26(18-33)29(20-35)27(16-25)19-34/h2-17,21,33-35H,18-20H2,1H3. The third-order valence-corrected chi connectivity index (χ3v) is 6.85. The Morgan fingerprint density at radius 2 is 1.34 bits per heavy atom. The second kappa shape index (κ2) is 9.88. The van der Waals surface area contributed by atoms with E-state index in [2.05, 4.69) is 78.2 Å². The van der Waals surface area contributed by atoms with Gasteiger partial charge in [-0.1, -0.05) is 67.6 Å². The molecule has 176 valence electrons. The summed E-state index contributed by atoms with van der Waals surface area (Å²) >= 11 is 0. The maximum atomic E-state index is 9.84. The normalized spacial score (nSPS) is 12.2. The van der Waals surface area contributed by atoms with Gasteiger partial charge in [0, 0.05) is 22.7 Å². The lowest BCUT2D eigenvalue weighted by molar-refractivity contribution is 0.248. The second-order valence-electron chi connectivity index (χ2n) is 8.89. The molecule has 1 aromatic heterocycles. The fraction of sp³-hybridized carbons (Fsp3) is 0.161. The lowest BCUT2D eigenvalue weighted by Gasteiger charge is -2.19. The molecule has 0 fully saturated rings. The van der Waals surface area contributed by atoms with Crippen molar-refractivity contribution in [2.75, 3.05) is 0 Å². The summed E-state index contributed by atoms with van der Waals surface area (Å²) < 4.78 is 2.33. The van der Waals surface area contributed by atoms with Crippen molar-refractivity contribution < 1.29 is 15.3 Å². The average Bonchev–Trinajstić information content (AvgIpc) is 3.32. The molecule has 1 unspecified atom stereocenters. The number of rotatable bonds is 7. The minimum Gasteiger partial charge on any atom is -0.392 e. The van der Waals surface area contributed by atoms with Crippen molar-refractivity contribution in [3.05, 3.63) is 125 Å². The average molecular weight is 464 g/mol. The fourth-order valence-corrected chi connectivity index (χ4v) is 4.97. The van der Waals surface area contributed by atoms with Crippen LogP contribution in [0.2, 0.25) is 0 Å². The van der Waals surface area contributed by atoms with Crippen molar-refractivity contribution in [3.63, 3.8) is 0 Å². The molecule has 0 aliphatic heterocycles. The maximum absolute atomic E-state index is 9.84. The van der Waals surface area contributed by atoms with Crippen molar-refractivity contribution in [1.29, 1.82) is 0 Å². The Morgan fingerprint density at radius 3 is 2.03 bits per heavy atom. The largest absolute Gasteiger partial charge is 0.392 e. The molecule has 0 aliphatic rings. The first-order valence-electron chi connectivity index (χ1n) is 11.9. The van der Waals surface area contributed by atoms with Gasteiger partial charge in [0.2, 0.25) is 0 Å². The molecule has 0 saturated carbocycles. The van der Waals surface area contributed by atoms with Crippen molar-refractivity contribution in [1.82, 2.24) is 4.57 Å². The predicted octanol–water partition coefficient (Wildman–Crippen LogP) is 5.93. The van der Waals surface area contributed by atoms with E-state index in [-0.39, 0.29) is 25.7 Å². The van der Waals surface area contributed by atoms with E-state index in [9.17, 15) is 15.3 Å². The summed E-state index contributed by atoms with van der Waals surface area (Å²) in [6.45, 7) is 1.63. The highest BCUT2D eigenvalue weighted by Gasteiger charge is 2.18. The van der Waals surface area contributed by atoms with Gasteiger partial charge in [-0.15, -0.1) is 0 Å². The van der Waals surface area contributed by atoms with Crippen LogP contribution in [0.25, 0.3) is 27.7 Å². The summed E-state index contributed by atoms with van der Waals surface area (Å²) in [7, 11) is 0. The second-order valence-corrected chi connectivity index (χ2v) is 8.89. The zero-order valence-corrected chi connectivity index (χ0v) is 19.7. The Morgan fingerprint density at radius 1 is 0.657 bits per heavy atom. The fourth-order valence-electron chi connectivity index (χ4n) is 4.97. The van der Waals surface area contributed by atoms with Crippen LogP contribution in [0.3, 0.4) is 0 Å². The third kappa shape index (κ3) is 4.28. The molecule has 1 heterocycles. The Hall–Kier alpha value is -3.70. The number of hydrogen-bond acceptors (Lipinski definition) is 3. The van der Waals surface area contributed by atoms with Crippen molar-refractivity contribution in [2.45, 2.75) is 32.7 Å². The number of aromatic nitrogens is 1. The lowest BCUT2D eigenvalue weighted by atomic mass is 9.91. The van der Waals surface area contributed by atoms with Crippen molar-refractivity contribution in [2.24, 2.45) is 0 Å². The van der Waals surface area contributed by atoms with E-state index < -0.39 is 0 Å². The molecule has 1 atom stereocenters. The summed E-state index contributed by atoms with van der Waals surface area (Å²) in [6.07, 6.45) is 0. The maximum Gasteiger partial charge on any atom is 0.0688 e. The summed E-state index contributed by atoms with van der Waals surface area (Å²) in [5.74, 6) is 0.119. The van der Waals surface area contributed by atoms with E-state index in [1.165, 1.54) is 22.2 Å². The molecule has 0 saturated heterocycles. The Kier molecular flexibility index (Phi) is 6.51. The molecule has 0 spiro atoms. The molecule has 0 bridgehead atoms. The molecule has 5 rings (SSSR count). The SMILES string of the molecule is CC(c1cccc(-c2cc(CO)c(CO)c(CO)c2)c1)c1cc2ccccc2n1-c1ccccc1. The van der Waals surface area contributed by atoms with Crippen LogP contribution in [0.15, 0.2) is 97.1 Å². The molecular formula is C31H29NO3. The van der Waals surface area contributed by atoms with Crippen molar-refractivity contribution in [3.8, 4) is 16.8 Å². The zero-order chi connectivity index (χ0) is 24.4. The third-order valence-electron chi connectivity index (χ3n) is 6.85. The van der Waals surface area contributed by atoms with E-state index in [1.54, 1.807) is 0 Å². The molecule has 4 heteroatoms. The summed E-state index contributed by atoms with van der Waals surface area (Å²) in [5, 5.41) is 30.6. The number of aliphatic hydroxyl groups excluding tert-OH is 3. The van der Waals surface area contributed by atoms with Gasteiger partial charge in [-0.3, -0.25) is 0 Å². The van der Waals surface area contributed by atoms with Crippen LogP contribution in [0, 0.1) is 0 Å². The van der Waals surface area contributed by atoms with Gasteiger partial charge < -0.3 is 19.9 Å². The molecule has 4 nitrogen and oxygen atoms in total. The van der Waals surface area contributed by atoms with Gasteiger partial charge in [0.05, 0.1) is 25.3 Å². The van der Waals surface area contributed by atoms with Crippen LogP contribution in [0.1, 0.15) is 40.8 Å². The first-order valence-corrected chi connectivity index (χ1v) is 11.9.